The summed E-state index contributed by atoms with van der Waals surface area (Å²) in [6, 6.07) is 14.2. The van der Waals surface area contributed by atoms with Crippen molar-refractivity contribution in [3.63, 3.8) is 0 Å². The maximum absolute atomic E-state index is 10.3. The van der Waals surface area contributed by atoms with Crippen molar-refractivity contribution in [3.8, 4) is 0 Å². The number of aliphatic hydroxyl groups is 1. The molecular formula is C16H18O. The lowest BCUT2D eigenvalue weighted by molar-refractivity contribution is 0.220. The molecule has 1 nitrogen and oxygen atoms in total. The van der Waals surface area contributed by atoms with Gasteiger partial charge >= 0.3 is 0 Å². The zero-order valence-electron chi connectivity index (χ0n) is 10.6. The minimum Gasteiger partial charge on any atom is -0.384 e. The summed E-state index contributed by atoms with van der Waals surface area (Å²) in [7, 11) is 0. The average Bonchev–Trinajstić information content (AvgIpc) is 2.28. The van der Waals surface area contributed by atoms with Gasteiger partial charge in [0.1, 0.15) is 6.10 Å². The lowest BCUT2D eigenvalue weighted by Gasteiger charge is -2.13. The summed E-state index contributed by atoms with van der Waals surface area (Å²) in [5.74, 6) is 0. The summed E-state index contributed by atoms with van der Waals surface area (Å²) in [5, 5.41) is 10.3. The van der Waals surface area contributed by atoms with Crippen LogP contribution < -0.4 is 0 Å². The molecule has 2 aromatic rings. The standard InChI is InChI=1S/C16H18O/c1-11-4-6-14(7-5-11)16(17)15-9-12(2)8-13(3)10-15/h4-10,16-17H,1-3H3. The Kier molecular flexibility index (Phi) is 3.30. The molecular weight excluding hydrogens is 208 g/mol. The zero-order valence-corrected chi connectivity index (χ0v) is 10.6. The molecule has 1 unspecified atom stereocenters. The van der Waals surface area contributed by atoms with E-state index in [1.54, 1.807) is 0 Å². The van der Waals surface area contributed by atoms with E-state index in [4.69, 9.17) is 0 Å². The Morgan fingerprint density at radius 2 is 1.24 bits per heavy atom. The van der Waals surface area contributed by atoms with E-state index in [2.05, 4.69) is 19.9 Å². The van der Waals surface area contributed by atoms with Crippen LogP contribution in [0.4, 0.5) is 0 Å². The van der Waals surface area contributed by atoms with Crippen LogP contribution in [-0.4, -0.2) is 5.11 Å². The van der Waals surface area contributed by atoms with E-state index >= 15 is 0 Å². The number of benzene rings is 2. The third-order valence-electron chi connectivity index (χ3n) is 2.95. The van der Waals surface area contributed by atoms with Crippen molar-refractivity contribution in [2.75, 3.05) is 0 Å². The number of aryl methyl sites for hydroxylation is 3. The van der Waals surface area contributed by atoms with Crippen LogP contribution in [0.2, 0.25) is 0 Å². The van der Waals surface area contributed by atoms with Gasteiger partial charge in [-0.3, -0.25) is 0 Å². The first-order valence-electron chi connectivity index (χ1n) is 5.89. The highest BCUT2D eigenvalue weighted by Gasteiger charge is 2.10. The summed E-state index contributed by atoms with van der Waals surface area (Å²) in [6.07, 6.45) is -0.533. The number of aliphatic hydroxyl groups excluding tert-OH is 1. The predicted molar refractivity (Wildman–Crippen MR) is 71.2 cm³/mol. The monoisotopic (exact) mass is 226 g/mol. The Balaban J connectivity index is 2.36. The molecule has 0 aliphatic rings. The molecule has 2 aromatic carbocycles. The SMILES string of the molecule is Cc1ccc(C(O)c2cc(C)cc(C)c2)cc1. The summed E-state index contributed by atoms with van der Waals surface area (Å²) in [4.78, 5) is 0. The van der Waals surface area contributed by atoms with Crippen LogP contribution in [0.5, 0.6) is 0 Å². The van der Waals surface area contributed by atoms with Gasteiger partial charge in [0.15, 0.2) is 0 Å². The second-order valence-electron chi connectivity index (χ2n) is 4.73. The highest BCUT2D eigenvalue weighted by molar-refractivity contribution is 5.36. The van der Waals surface area contributed by atoms with Gasteiger partial charge in [0, 0.05) is 0 Å². The maximum Gasteiger partial charge on any atom is 0.104 e. The molecule has 2 rings (SSSR count). The summed E-state index contributed by atoms with van der Waals surface area (Å²) >= 11 is 0. The second-order valence-corrected chi connectivity index (χ2v) is 4.73. The predicted octanol–water partition coefficient (Wildman–Crippen LogP) is 3.69. The fraction of sp³-hybridized carbons (Fsp3) is 0.250. The van der Waals surface area contributed by atoms with Gasteiger partial charge in [-0.2, -0.15) is 0 Å². The Hall–Kier alpha value is -1.60. The Labute approximate surface area is 103 Å². The van der Waals surface area contributed by atoms with Crippen molar-refractivity contribution in [3.05, 3.63) is 70.3 Å². The Morgan fingerprint density at radius 3 is 1.76 bits per heavy atom. The van der Waals surface area contributed by atoms with Gasteiger partial charge in [-0.05, 0) is 31.9 Å². The molecule has 0 aliphatic heterocycles. The van der Waals surface area contributed by atoms with Crippen molar-refractivity contribution < 1.29 is 5.11 Å². The molecule has 1 atom stereocenters. The minimum absolute atomic E-state index is 0.533. The van der Waals surface area contributed by atoms with Gasteiger partial charge in [-0.1, -0.05) is 59.2 Å². The van der Waals surface area contributed by atoms with Crippen molar-refractivity contribution >= 4 is 0 Å². The van der Waals surface area contributed by atoms with Gasteiger partial charge < -0.3 is 5.11 Å². The first kappa shape index (κ1) is 11.9. The van der Waals surface area contributed by atoms with Crippen LogP contribution in [0.15, 0.2) is 42.5 Å². The van der Waals surface area contributed by atoms with Crippen molar-refractivity contribution in [2.45, 2.75) is 26.9 Å². The van der Waals surface area contributed by atoms with Gasteiger partial charge in [0.2, 0.25) is 0 Å². The van der Waals surface area contributed by atoms with Crippen molar-refractivity contribution in [2.24, 2.45) is 0 Å². The molecule has 0 heterocycles. The van der Waals surface area contributed by atoms with Crippen molar-refractivity contribution in [1.29, 1.82) is 0 Å². The van der Waals surface area contributed by atoms with Gasteiger partial charge in [0.05, 0.1) is 0 Å². The topological polar surface area (TPSA) is 20.2 Å². The average molecular weight is 226 g/mol. The van der Waals surface area contributed by atoms with Crippen LogP contribution in [0.3, 0.4) is 0 Å². The Bertz CT molecular complexity index is 491. The lowest BCUT2D eigenvalue weighted by Crippen LogP contribution is -2.00. The third-order valence-corrected chi connectivity index (χ3v) is 2.95. The lowest BCUT2D eigenvalue weighted by atomic mass is 9.97. The Morgan fingerprint density at radius 1 is 0.706 bits per heavy atom. The van der Waals surface area contributed by atoms with Crippen LogP contribution in [-0.2, 0) is 0 Å². The van der Waals surface area contributed by atoms with E-state index < -0.39 is 6.10 Å². The molecule has 0 saturated heterocycles. The number of hydrogen-bond acceptors (Lipinski definition) is 1. The van der Waals surface area contributed by atoms with E-state index in [1.807, 2.05) is 43.3 Å². The molecule has 0 aromatic heterocycles. The third kappa shape index (κ3) is 2.75. The van der Waals surface area contributed by atoms with Gasteiger partial charge in [-0.15, -0.1) is 0 Å². The molecule has 0 fully saturated rings. The first-order valence-corrected chi connectivity index (χ1v) is 5.89. The fourth-order valence-corrected chi connectivity index (χ4v) is 2.11. The maximum atomic E-state index is 10.3. The molecule has 1 N–H and O–H groups in total. The van der Waals surface area contributed by atoms with Crippen molar-refractivity contribution in [1.82, 2.24) is 0 Å². The molecule has 88 valence electrons. The molecule has 0 radical (unpaired) electrons. The molecule has 0 bridgehead atoms. The van der Waals surface area contributed by atoms with E-state index in [0.717, 1.165) is 11.1 Å². The first-order chi connectivity index (χ1) is 8.06. The van der Waals surface area contributed by atoms with E-state index in [-0.39, 0.29) is 0 Å². The molecule has 0 aliphatic carbocycles. The molecule has 0 spiro atoms. The molecule has 0 saturated carbocycles. The summed E-state index contributed by atoms with van der Waals surface area (Å²) in [5.41, 5.74) is 5.49. The fourth-order valence-electron chi connectivity index (χ4n) is 2.11. The van der Waals surface area contributed by atoms with Gasteiger partial charge in [0.25, 0.3) is 0 Å². The van der Waals surface area contributed by atoms with E-state index in [0.29, 0.717) is 0 Å². The van der Waals surface area contributed by atoms with Crippen LogP contribution in [0.1, 0.15) is 33.9 Å². The number of rotatable bonds is 2. The van der Waals surface area contributed by atoms with Crippen LogP contribution in [0, 0.1) is 20.8 Å². The number of hydrogen-bond donors (Lipinski definition) is 1. The molecule has 0 amide bonds. The molecule has 1 heteroatoms. The minimum atomic E-state index is -0.533. The largest absolute Gasteiger partial charge is 0.384 e. The molecule has 17 heavy (non-hydrogen) atoms. The normalized spacial score (nSPS) is 12.5. The smallest absolute Gasteiger partial charge is 0.104 e. The summed E-state index contributed by atoms with van der Waals surface area (Å²) < 4.78 is 0. The highest BCUT2D eigenvalue weighted by atomic mass is 16.3. The summed E-state index contributed by atoms with van der Waals surface area (Å²) in [6.45, 7) is 6.16. The van der Waals surface area contributed by atoms with Crippen LogP contribution in [0.25, 0.3) is 0 Å². The van der Waals surface area contributed by atoms with E-state index in [9.17, 15) is 5.11 Å². The quantitative estimate of drug-likeness (QED) is 0.828. The van der Waals surface area contributed by atoms with Crippen LogP contribution >= 0.6 is 0 Å². The van der Waals surface area contributed by atoms with Gasteiger partial charge in [-0.25, -0.2) is 0 Å². The zero-order chi connectivity index (χ0) is 12.4. The second kappa shape index (κ2) is 4.72. The van der Waals surface area contributed by atoms with E-state index in [1.165, 1.54) is 16.7 Å². The highest BCUT2D eigenvalue weighted by Crippen LogP contribution is 2.24.